The number of aryl methyl sites for hydroxylation is 3. The molecule has 2 rings (SSSR count). The number of rotatable bonds is 2. The Morgan fingerprint density at radius 2 is 1.75 bits per heavy atom. The summed E-state index contributed by atoms with van der Waals surface area (Å²) in [6.45, 7) is 6.66. The van der Waals surface area contributed by atoms with Gasteiger partial charge in [-0.15, -0.1) is 0 Å². The Bertz CT molecular complexity index is 491. The van der Waals surface area contributed by atoms with E-state index < -0.39 is 0 Å². The highest BCUT2D eigenvalue weighted by Gasteiger charge is 2.11. The van der Waals surface area contributed by atoms with Gasteiger partial charge in [-0.25, -0.2) is 0 Å². The predicted octanol–water partition coefficient (Wildman–Crippen LogP) is 2.73. The van der Waals surface area contributed by atoms with E-state index in [9.17, 15) is 0 Å². The first-order valence-corrected chi connectivity index (χ1v) is 5.35. The minimum atomic E-state index is 0.386. The van der Waals surface area contributed by atoms with E-state index in [4.69, 9.17) is 10.3 Å². The third-order valence-corrected chi connectivity index (χ3v) is 2.69. The van der Waals surface area contributed by atoms with Gasteiger partial charge in [-0.1, -0.05) is 22.9 Å². The lowest BCUT2D eigenvalue weighted by atomic mass is 9.97. The van der Waals surface area contributed by atoms with E-state index in [1.54, 1.807) is 0 Å². The minimum Gasteiger partial charge on any atom is -0.359 e. The zero-order chi connectivity index (χ0) is 11.7. The maximum atomic E-state index is 5.51. The van der Waals surface area contributed by atoms with Gasteiger partial charge in [0.15, 0.2) is 5.76 Å². The van der Waals surface area contributed by atoms with Crippen LogP contribution in [0.5, 0.6) is 0 Å². The molecule has 1 aromatic heterocycles. The van der Waals surface area contributed by atoms with Gasteiger partial charge in [0.05, 0.1) is 6.54 Å². The highest BCUT2D eigenvalue weighted by atomic mass is 16.5. The molecule has 0 amide bonds. The molecular formula is C13H16N2O. The molecular weight excluding hydrogens is 200 g/mol. The van der Waals surface area contributed by atoms with Gasteiger partial charge in [0.2, 0.25) is 0 Å². The van der Waals surface area contributed by atoms with Crippen molar-refractivity contribution in [1.82, 2.24) is 5.16 Å². The summed E-state index contributed by atoms with van der Waals surface area (Å²) in [5, 5.41) is 4.05. The molecule has 3 nitrogen and oxygen atoms in total. The van der Waals surface area contributed by atoms with Crippen LogP contribution in [0.1, 0.15) is 22.5 Å². The number of benzene rings is 1. The predicted molar refractivity (Wildman–Crippen MR) is 64.0 cm³/mol. The Morgan fingerprint density at radius 1 is 1.12 bits per heavy atom. The van der Waals surface area contributed by atoms with Crippen LogP contribution in [0.4, 0.5) is 0 Å². The zero-order valence-corrected chi connectivity index (χ0v) is 9.87. The van der Waals surface area contributed by atoms with E-state index in [0.29, 0.717) is 6.54 Å². The first-order chi connectivity index (χ1) is 7.61. The topological polar surface area (TPSA) is 52.0 Å². The molecule has 0 aliphatic heterocycles. The van der Waals surface area contributed by atoms with Crippen molar-refractivity contribution in [2.75, 3.05) is 0 Å². The molecule has 2 aromatic rings. The zero-order valence-electron chi connectivity index (χ0n) is 9.87. The summed E-state index contributed by atoms with van der Waals surface area (Å²) in [6.07, 6.45) is 0. The fourth-order valence-corrected chi connectivity index (χ4v) is 2.11. The average molecular weight is 216 g/mol. The van der Waals surface area contributed by atoms with E-state index in [1.807, 2.05) is 6.07 Å². The molecule has 1 aromatic carbocycles. The Balaban J connectivity index is 2.55. The van der Waals surface area contributed by atoms with Gasteiger partial charge in [-0.05, 0) is 31.9 Å². The van der Waals surface area contributed by atoms with E-state index in [-0.39, 0.29) is 0 Å². The molecule has 0 atom stereocenters. The fraction of sp³-hybridized carbons (Fsp3) is 0.308. The second-order valence-electron chi connectivity index (χ2n) is 4.16. The van der Waals surface area contributed by atoms with Crippen LogP contribution in [0.15, 0.2) is 22.7 Å². The van der Waals surface area contributed by atoms with Crippen LogP contribution >= 0.6 is 0 Å². The molecule has 0 saturated carbocycles. The second-order valence-corrected chi connectivity index (χ2v) is 4.16. The average Bonchev–Trinajstić information content (AvgIpc) is 2.64. The Hall–Kier alpha value is -1.61. The number of nitrogens with two attached hydrogens (primary N) is 1. The summed E-state index contributed by atoms with van der Waals surface area (Å²) >= 11 is 0. The second kappa shape index (κ2) is 4.10. The molecule has 0 bridgehead atoms. The normalized spacial score (nSPS) is 10.8. The SMILES string of the molecule is Cc1cc(C)c(-c2cc(CN)on2)c(C)c1. The van der Waals surface area contributed by atoms with E-state index in [2.05, 4.69) is 38.1 Å². The molecule has 1 heterocycles. The van der Waals surface area contributed by atoms with Gasteiger partial charge in [0.25, 0.3) is 0 Å². The molecule has 84 valence electrons. The van der Waals surface area contributed by atoms with Crippen molar-refractivity contribution in [3.05, 3.63) is 40.6 Å². The van der Waals surface area contributed by atoms with Crippen LogP contribution < -0.4 is 5.73 Å². The highest BCUT2D eigenvalue weighted by molar-refractivity contribution is 5.68. The molecule has 0 saturated heterocycles. The van der Waals surface area contributed by atoms with Crippen molar-refractivity contribution >= 4 is 0 Å². The number of aromatic nitrogens is 1. The Morgan fingerprint density at radius 3 is 2.25 bits per heavy atom. The molecule has 16 heavy (non-hydrogen) atoms. The maximum Gasteiger partial charge on any atom is 0.150 e. The smallest absolute Gasteiger partial charge is 0.150 e. The number of hydrogen-bond donors (Lipinski definition) is 1. The summed E-state index contributed by atoms with van der Waals surface area (Å²) in [4.78, 5) is 0. The van der Waals surface area contributed by atoms with Crippen molar-refractivity contribution in [3.8, 4) is 11.3 Å². The van der Waals surface area contributed by atoms with Gasteiger partial charge in [-0.2, -0.15) is 0 Å². The lowest BCUT2D eigenvalue weighted by Crippen LogP contribution is -1.93. The summed E-state index contributed by atoms with van der Waals surface area (Å²) in [7, 11) is 0. The van der Waals surface area contributed by atoms with E-state index in [1.165, 1.54) is 16.7 Å². The molecule has 2 N–H and O–H groups in total. The van der Waals surface area contributed by atoms with Crippen LogP contribution in [-0.2, 0) is 6.54 Å². The molecule has 3 heteroatoms. The Kier molecular flexibility index (Phi) is 2.79. The maximum absolute atomic E-state index is 5.51. The van der Waals surface area contributed by atoms with Gasteiger partial charge in [-0.3, -0.25) is 0 Å². The van der Waals surface area contributed by atoms with Gasteiger partial charge < -0.3 is 10.3 Å². The van der Waals surface area contributed by atoms with Crippen molar-refractivity contribution in [1.29, 1.82) is 0 Å². The van der Waals surface area contributed by atoms with Crippen molar-refractivity contribution in [3.63, 3.8) is 0 Å². The van der Waals surface area contributed by atoms with Gasteiger partial charge in [0, 0.05) is 11.6 Å². The quantitative estimate of drug-likeness (QED) is 0.839. The molecule has 0 unspecified atom stereocenters. The van der Waals surface area contributed by atoms with Crippen LogP contribution in [-0.4, -0.2) is 5.16 Å². The fourth-order valence-electron chi connectivity index (χ4n) is 2.11. The monoisotopic (exact) mass is 216 g/mol. The molecule has 0 radical (unpaired) electrons. The van der Waals surface area contributed by atoms with Crippen molar-refractivity contribution < 1.29 is 4.52 Å². The summed E-state index contributed by atoms with van der Waals surface area (Å²) in [6, 6.07) is 6.21. The lowest BCUT2D eigenvalue weighted by molar-refractivity contribution is 0.387. The van der Waals surface area contributed by atoms with E-state index in [0.717, 1.165) is 17.0 Å². The molecule has 0 spiro atoms. The molecule has 0 aliphatic rings. The highest BCUT2D eigenvalue weighted by Crippen LogP contribution is 2.27. The first-order valence-electron chi connectivity index (χ1n) is 5.35. The first kappa shape index (κ1) is 10.9. The van der Waals surface area contributed by atoms with E-state index >= 15 is 0 Å². The van der Waals surface area contributed by atoms with Crippen LogP contribution in [0.3, 0.4) is 0 Å². The number of hydrogen-bond acceptors (Lipinski definition) is 3. The third-order valence-electron chi connectivity index (χ3n) is 2.69. The summed E-state index contributed by atoms with van der Waals surface area (Å²) < 4.78 is 5.13. The Labute approximate surface area is 95.3 Å². The molecule has 0 fully saturated rings. The van der Waals surface area contributed by atoms with Crippen LogP contribution in [0.2, 0.25) is 0 Å². The third kappa shape index (κ3) is 1.86. The van der Waals surface area contributed by atoms with Gasteiger partial charge >= 0.3 is 0 Å². The summed E-state index contributed by atoms with van der Waals surface area (Å²) in [5.41, 5.74) is 11.2. The summed E-state index contributed by atoms with van der Waals surface area (Å²) in [5.74, 6) is 0.717. The van der Waals surface area contributed by atoms with Gasteiger partial charge in [0.1, 0.15) is 5.69 Å². The van der Waals surface area contributed by atoms with Crippen LogP contribution in [0, 0.1) is 20.8 Å². The van der Waals surface area contributed by atoms with Crippen LogP contribution in [0.25, 0.3) is 11.3 Å². The lowest BCUT2D eigenvalue weighted by Gasteiger charge is -2.07. The number of nitrogens with zero attached hydrogens (tertiary/aromatic N) is 1. The minimum absolute atomic E-state index is 0.386. The largest absolute Gasteiger partial charge is 0.359 e. The molecule has 0 aliphatic carbocycles. The standard InChI is InChI=1S/C13H16N2O/c1-8-4-9(2)13(10(3)5-8)12-6-11(7-14)16-15-12/h4-6H,7,14H2,1-3H3. The van der Waals surface area contributed by atoms with Crippen molar-refractivity contribution in [2.45, 2.75) is 27.3 Å². The van der Waals surface area contributed by atoms with Crippen molar-refractivity contribution in [2.24, 2.45) is 5.73 Å².